The van der Waals surface area contributed by atoms with Crippen LogP contribution in [-0.4, -0.2) is 18.2 Å². The largest absolute Gasteiger partial charge is 0.392 e. The fourth-order valence-electron chi connectivity index (χ4n) is 2.25. The number of rotatable bonds is 2. The molecule has 88 valence electrons. The quantitative estimate of drug-likeness (QED) is 0.832. The molecule has 16 heavy (non-hydrogen) atoms. The van der Waals surface area contributed by atoms with Crippen LogP contribution in [0.2, 0.25) is 0 Å². The zero-order valence-corrected chi connectivity index (χ0v) is 9.78. The summed E-state index contributed by atoms with van der Waals surface area (Å²) in [6.07, 6.45) is 0. The van der Waals surface area contributed by atoms with Crippen molar-refractivity contribution in [2.75, 3.05) is 18.0 Å². The molecule has 1 aliphatic rings. The van der Waals surface area contributed by atoms with Crippen molar-refractivity contribution in [2.24, 2.45) is 11.8 Å². The van der Waals surface area contributed by atoms with E-state index in [1.807, 2.05) is 6.07 Å². The van der Waals surface area contributed by atoms with Crippen molar-refractivity contribution in [1.29, 1.82) is 0 Å². The van der Waals surface area contributed by atoms with E-state index < -0.39 is 0 Å². The number of hydrogen-bond donors (Lipinski definition) is 1. The van der Waals surface area contributed by atoms with Gasteiger partial charge in [-0.15, -0.1) is 0 Å². The van der Waals surface area contributed by atoms with Crippen LogP contribution in [0.1, 0.15) is 19.4 Å². The molecule has 1 N–H and O–H groups in total. The van der Waals surface area contributed by atoms with E-state index in [0.717, 1.165) is 18.8 Å². The zero-order valence-electron chi connectivity index (χ0n) is 9.78. The number of hydrogen-bond acceptors (Lipinski definition) is 2. The first kappa shape index (κ1) is 11.4. The van der Waals surface area contributed by atoms with E-state index in [-0.39, 0.29) is 12.4 Å². The highest BCUT2D eigenvalue weighted by molar-refractivity contribution is 5.50. The number of anilines is 1. The van der Waals surface area contributed by atoms with E-state index in [1.165, 1.54) is 6.07 Å². The van der Waals surface area contributed by atoms with Gasteiger partial charge in [-0.05, 0) is 35.6 Å². The van der Waals surface area contributed by atoms with Gasteiger partial charge < -0.3 is 10.0 Å². The van der Waals surface area contributed by atoms with Crippen LogP contribution in [0.25, 0.3) is 0 Å². The smallest absolute Gasteiger partial charge is 0.125 e. The molecular weight excluding hydrogens is 205 g/mol. The Hall–Kier alpha value is -1.09. The minimum atomic E-state index is -0.270. The van der Waals surface area contributed by atoms with Crippen LogP contribution in [0.4, 0.5) is 10.1 Å². The fourth-order valence-corrected chi connectivity index (χ4v) is 2.25. The Morgan fingerprint density at radius 1 is 1.25 bits per heavy atom. The Morgan fingerprint density at radius 3 is 2.44 bits per heavy atom. The van der Waals surface area contributed by atoms with Crippen molar-refractivity contribution in [3.63, 3.8) is 0 Å². The van der Waals surface area contributed by atoms with Crippen LogP contribution in [0.15, 0.2) is 18.2 Å². The second kappa shape index (κ2) is 4.42. The molecule has 1 saturated heterocycles. The first-order chi connectivity index (χ1) is 7.60. The highest BCUT2D eigenvalue weighted by Crippen LogP contribution is 2.28. The van der Waals surface area contributed by atoms with Crippen molar-refractivity contribution in [1.82, 2.24) is 0 Å². The maximum absolute atomic E-state index is 13.3. The van der Waals surface area contributed by atoms with Gasteiger partial charge in [0.05, 0.1) is 6.61 Å². The lowest BCUT2D eigenvalue weighted by Gasteiger charge is -2.19. The number of halogens is 1. The molecule has 3 heteroatoms. The lowest BCUT2D eigenvalue weighted by atomic mass is 10.0. The molecule has 2 unspecified atom stereocenters. The summed E-state index contributed by atoms with van der Waals surface area (Å²) >= 11 is 0. The maximum Gasteiger partial charge on any atom is 0.125 e. The van der Waals surface area contributed by atoms with E-state index in [9.17, 15) is 4.39 Å². The number of aliphatic hydroxyl groups excluding tert-OH is 1. The molecule has 1 aromatic carbocycles. The van der Waals surface area contributed by atoms with Crippen LogP contribution in [0, 0.1) is 17.7 Å². The van der Waals surface area contributed by atoms with Gasteiger partial charge in [-0.25, -0.2) is 4.39 Å². The lowest BCUT2D eigenvalue weighted by molar-refractivity contribution is 0.281. The zero-order chi connectivity index (χ0) is 11.7. The van der Waals surface area contributed by atoms with E-state index in [0.29, 0.717) is 17.4 Å². The van der Waals surface area contributed by atoms with Gasteiger partial charge in [0.15, 0.2) is 0 Å². The SMILES string of the molecule is CC1CN(c2cc(F)cc(CO)c2)CC1C. The van der Waals surface area contributed by atoms with Gasteiger partial charge >= 0.3 is 0 Å². The summed E-state index contributed by atoms with van der Waals surface area (Å²) in [6.45, 7) is 6.27. The Labute approximate surface area is 95.7 Å². The van der Waals surface area contributed by atoms with Crippen LogP contribution < -0.4 is 4.90 Å². The molecule has 1 fully saturated rings. The minimum Gasteiger partial charge on any atom is -0.392 e. The summed E-state index contributed by atoms with van der Waals surface area (Å²) in [4.78, 5) is 2.19. The van der Waals surface area contributed by atoms with E-state index in [4.69, 9.17) is 5.11 Å². The summed E-state index contributed by atoms with van der Waals surface area (Å²) in [6, 6.07) is 4.80. The highest BCUT2D eigenvalue weighted by atomic mass is 19.1. The Balaban J connectivity index is 2.24. The van der Waals surface area contributed by atoms with Gasteiger partial charge in [-0.2, -0.15) is 0 Å². The van der Waals surface area contributed by atoms with Gasteiger partial charge in [-0.1, -0.05) is 13.8 Å². The van der Waals surface area contributed by atoms with Crippen molar-refractivity contribution >= 4 is 5.69 Å². The standard InChI is InChI=1S/C13H18FNO/c1-9-6-15(7-10(9)2)13-4-11(8-16)3-12(14)5-13/h3-5,9-10,16H,6-8H2,1-2H3. The summed E-state index contributed by atoms with van der Waals surface area (Å²) < 4.78 is 13.3. The molecule has 1 heterocycles. The van der Waals surface area contributed by atoms with Crippen molar-refractivity contribution in [3.8, 4) is 0 Å². The van der Waals surface area contributed by atoms with Gasteiger partial charge in [0.1, 0.15) is 5.82 Å². The van der Waals surface area contributed by atoms with Gasteiger partial charge in [0, 0.05) is 18.8 Å². The number of benzene rings is 1. The maximum atomic E-state index is 13.3. The normalized spacial score (nSPS) is 25.1. The summed E-state index contributed by atoms with van der Waals surface area (Å²) in [5.41, 5.74) is 1.53. The first-order valence-corrected chi connectivity index (χ1v) is 5.75. The molecule has 2 nitrogen and oxygen atoms in total. The van der Waals surface area contributed by atoms with Crippen molar-refractivity contribution < 1.29 is 9.50 Å². The van der Waals surface area contributed by atoms with Crippen LogP contribution in [0.3, 0.4) is 0 Å². The molecule has 0 bridgehead atoms. The second-order valence-electron chi connectivity index (χ2n) is 4.84. The second-order valence-corrected chi connectivity index (χ2v) is 4.84. The average molecular weight is 223 g/mol. The minimum absolute atomic E-state index is 0.107. The average Bonchev–Trinajstić information content (AvgIpc) is 2.58. The molecule has 1 aliphatic heterocycles. The number of nitrogens with zero attached hydrogens (tertiary/aromatic N) is 1. The summed E-state index contributed by atoms with van der Waals surface area (Å²) in [5.74, 6) is 1.01. The number of aliphatic hydroxyl groups is 1. The third kappa shape index (κ3) is 2.19. The van der Waals surface area contributed by atoms with E-state index >= 15 is 0 Å². The molecule has 0 aliphatic carbocycles. The summed E-state index contributed by atoms with van der Waals surface area (Å²) in [7, 11) is 0. The van der Waals surface area contributed by atoms with Crippen LogP contribution >= 0.6 is 0 Å². The Kier molecular flexibility index (Phi) is 3.15. The van der Waals surface area contributed by atoms with Crippen molar-refractivity contribution in [3.05, 3.63) is 29.6 Å². The molecule has 0 radical (unpaired) electrons. The predicted molar refractivity (Wildman–Crippen MR) is 62.9 cm³/mol. The molecule has 1 aromatic rings. The third-order valence-electron chi connectivity index (χ3n) is 3.48. The third-order valence-corrected chi connectivity index (χ3v) is 3.48. The van der Waals surface area contributed by atoms with E-state index in [1.54, 1.807) is 6.07 Å². The fraction of sp³-hybridized carbons (Fsp3) is 0.538. The molecular formula is C13H18FNO. The molecule has 0 saturated carbocycles. The monoisotopic (exact) mass is 223 g/mol. The summed E-state index contributed by atoms with van der Waals surface area (Å²) in [5, 5.41) is 9.05. The first-order valence-electron chi connectivity index (χ1n) is 5.75. The van der Waals surface area contributed by atoms with Gasteiger partial charge in [0.25, 0.3) is 0 Å². The Morgan fingerprint density at radius 2 is 1.88 bits per heavy atom. The van der Waals surface area contributed by atoms with Crippen LogP contribution in [-0.2, 0) is 6.61 Å². The lowest BCUT2D eigenvalue weighted by Crippen LogP contribution is -2.19. The molecule has 0 spiro atoms. The van der Waals surface area contributed by atoms with Crippen LogP contribution in [0.5, 0.6) is 0 Å². The molecule has 2 atom stereocenters. The predicted octanol–water partition coefficient (Wildman–Crippen LogP) is 2.41. The molecule has 2 rings (SSSR count). The molecule has 0 aromatic heterocycles. The highest BCUT2D eigenvalue weighted by Gasteiger charge is 2.26. The topological polar surface area (TPSA) is 23.5 Å². The van der Waals surface area contributed by atoms with Crippen molar-refractivity contribution in [2.45, 2.75) is 20.5 Å². The Bertz CT molecular complexity index is 370. The molecule has 0 amide bonds. The van der Waals surface area contributed by atoms with E-state index in [2.05, 4.69) is 18.7 Å². The van der Waals surface area contributed by atoms with Gasteiger partial charge in [-0.3, -0.25) is 0 Å². The van der Waals surface area contributed by atoms with Gasteiger partial charge in [0.2, 0.25) is 0 Å².